The summed E-state index contributed by atoms with van der Waals surface area (Å²) in [6, 6.07) is 1.95. The molecule has 19 heavy (non-hydrogen) atoms. The van der Waals surface area contributed by atoms with Crippen LogP contribution < -0.4 is 10.2 Å². The van der Waals surface area contributed by atoms with Crippen LogP contribution in [0.1, 0.15) is 6.92 Å². The van der Waals surface area contributed by atoms with Crippen molar-refractivity contribution in [3.05, 3.63) is 29.0 Å². The molecule has 2 aromatic rings. The topological polar surface area (TPSA) is 28.4 Å². The van der Waals surface area contributed by atoms with Crippen molar-refractivity contribution < 1.29 is 13.2 Å². The second kappa shape index (κ2) is 4.65. The molecule has 1 aliphatic heterocycles. The molecule has 1 aliphatic rings. The maximum absolute atomic E-state index is 13.8. The van der Waals surface area contributed by atoms with E-state index >= 15 is 0 Å². The average molecular weight is 287 g/mol. The van der Waals surface area contributed by atoms with Crippen LogP contribution >= 0.6 is 11.6 Å². The first-order valence-corrected chi connectivity index (χ1v) is 6.49. The van der Waals surface area contributed by atoms with Gasteiger partial charge < -0.3 is 14.6 Å². The standard InChI is InChI=1S/C13H13ClF2N2O/c1-7-6-18(3-2-17-7)10-5-9(15)12(14)8-4-11(16)19-13(8)10/h4-5,7,17H,2-3,6H2,1H3/t7-/m0/s1. The van der Waals surface area contributed by atoms with Crippen molar-refractivity contribution in [2.24, 2.45) is 0 Å². The zero-order chi connectivity index (χ0) is 13.6. The first-order chi connectivity index (χ1) is 9.06. The molecular formula is C13H13ClF2N2O. The van der Waals surface area contributed by atoms with E-state index in [-0.39, 0.29) is 16.5 Å². The van der Waals surface area contributed by atoms with Crippen molar-refractivity contribution in [2.45, 2.75) is 13.0 Å². The lowest BCUT2D eigenvalue weighted by molar-refractivity contribution is 0.380. The normalized spacial score (nSPS) is 20.2. The predicted molar refractivity (Wildman–Crippen MR) is 70.8 cm³/mol. The quantitative estimate of drug-likeness (QED) is 0.873. The molecule has 0 spiro atoms. The number of nitrogens with one attached hydrogen (secondary N) is 1. The third kappa shape index (κ3) is 2.17. The van der Waals surface area contributed by atoms with Crippen molar-refractivity contribution in [1.29, 1.82) is 0 Å². The molecule has 3 nitrogen and oxygen atoms in total. The summed E-state index contributed by atoms with van der Waals surface area (Å²) in [4.78, 5) is 1.98. The lowest BCUT2D eigenvalue weighted by Crippen LogP contribution is -2.49. The van der Waals surface area contributed by atoms with Crippen molar-refractivity contribution in [3.63, 3.8) is 0 Å². The van der Waals surface area contributed by atoms with E-state index in [0.29, 0.717) is 24.4 Å². The van der Waals surface area contributed by atoms with Gasteiger partial charge in [0.1, 0.15) is 5.82 Å². The molecule has 3 rings (SSSR count). The van der Waals surface area contributed by atoms with Crippen LogP contribution in [0.3, 0.4) is 0 Å². The van der Waals surface area contributed by atoms with E-state index in [2.05, 4.69) is 5.32 Å². The van der Waals surface area contributed by atoms with Gasteiger partial charge in [0.25, 0.3) is 6.01 Å². The fraction of sp³-hybridized carbons (Fsp3) is 0.385. The van der Waals surface area contributed by atoms with Gasteiger partial charge in [-0.25, -0.2) is 4.39 Å². The molecule has 2 heterocycles. The minimum Gasteiger partial charge on any atom is -0.429 e. The molecule has 0 aliphatic carbocycles. The van der Waals surface area contributed by atoms with Gasteiger partial charge in [0, 0.05) is 43.2 Å². The fourth-order valence-electron chi connectivity index (χ4n) is 2.48. The number of piperazine rings is 1. The van der Waals surface area contributed by atoms with Crippen LogP contribution in [0.5, 0.6) is 0 Å². The van der Waals surface area contributed by atoms with Crippen molar-refractivity contribution in [1.82, 2.24) is 5.32 Å². The zero-order valence-electron chi connectivity index (χ0n) is 10.3. The molecule has 1 aromatic carbocycles. The van der Waals surface area contributed by atoms with Crippen LogP contribution in [0, 0.1) is 11.8 Å². The highest BCUT2D eigenvalue weighted by Crippen LogP contribution is 2.36. The van der Waals surface area contributed by atoms with Gasteiger partial charge in [0.2, 0.25) is 0 Å². The largest absolute Gasteiger partial charge is 0.429 e. The summed E-state index contributed by atoms with van der Waals surface area (Å²) in [6.45, 7) is 4.25. The number of anilines is 1. The Bertz CT molecular complexity index is 629. The van der Waals surface area contributed by atoms with Crippen LogP contribution in [-0.2, 0) is 0 Å². The van der Waals surface area contributed by atoms with Gasteiger partial charge in [-0.15, -0.1) is 0 Å². The molecule has 1 saturated heterocycles. The Morgan fingerprint density at radius 3 is 2.95 bits per heavy atom. The third-order valence-electron chi connectivity index (χ3n) is 3.35. The van der Waals surface area contributed by atoms with Gasteiger partial charge >= 0.3 is 0 Å². The molecule has 6 heteroatoms. The second-order valence-electron chi connectivity index (χ2n) is 4.79. The van der Waals surface area contributed by atoms with E-state index < -0.39 is 11.8 Å². The molecule has 0 amide bonds. The highest BCUT2D eigenvalue weighted by Gasteiger charge is 2.23. The van der Waals surface area contributed by atoms with E-state index in [0.717, 1.165) is 12.6 Å². The minimum atomic E-state index is -0.757. The van der Waals surface area contributed by atoms with Crippen LogP contribution in [0.15, 0.2) is 16.5 Å². The molecule has 0 bridgehead atoms. The van der Waals surface area contributed by atoms with Crippen LogP contribution in [-0.4, -0.2) is 25.7 Å². The molecule has 0 saturated carbocycles. The van der Waals surface area contributed by atoms with Gasteiger partial charge in [0.05, 0.1) is 10.7 Å². The summed E-state index contributed by atoms with van der Waals surface area (Å²) in [5, 5.41) is 3.47. The van der Waals surface area contributed by atoms with Crippen LogP contribution in [0.4, 0.5) is 14.5 Å². The monoisotopic (exact) mass is 286 g/mol. The fourth-order valence-corrected chi connectivity index (χ4v) is 2.67. The highest BCUT2D eigenvalue weighted by molar-refractivity contribution is 6.36. The van der Waals surface area contributed by atoms with E-state index in [1.807, 2.05) is 11.8 Å². The molecule has 1 atom stereocenters. The molecule has 1 fully saturated rings. The molecule has 1 aromatic heterocycles. The first-order valence-electron chi connectivity index (χ1n) is 6.11. The maximum atomic E-state index is 13.8. The van der Waals surface area contributed by atoms with Crippen LogP contribution in [0.25, 0.3) is 11.0 Å². The lowest BCUT2D eigenvalue weighted by Gasteiger charge is -2.33. The van der Waals surface area contributed by atoms with Gasteiger partial charge in [-0.3, -0.25) is 0 Å². The minimum absolute atomic E-state index is 0.102. The number of benzene rings is 1. The Labute approximate surface area is 114 Å². The number of hydrogen-bond donors (Lipinski definition) is 1. The molecule has 1 N–H and O–H groups in total. The lowest BCUT2D eigenvalue weighted by atomic mass is 10.1. The molecule has 102 valence electrons. The number of nitrogens with zero attached hydrogens (tertiary/aromatic N) is 1. The van der Waals surface area contributed by atoms with E-state index in [4.69, 9.17) is 16.0 Å². The predicted octanol–water partition coefficient (Wildman–Crippen LogP) is 3.16. The Balaban J connectivity index is 2.14. The van der Waals surface area contributed by atoms with Gasteiger partial charge in [0.15, 0.2) is 5.58 Å². The summed E-state index contributed by atoms with van der Waals surface area (Å²) in [5.41, 5.74) is 0.854. The molecule has 0 radical (unpaired) electrons. The first kappa shape index (κ1) is 12.7. The summed E-state index contributed by atoms with van der Waals surface area (Å²) in [6.07, 6.45) is 0. The highest BCUT2D eigenvalue weighted by atomic mass is 35.5. The summed E-state index contributed by atoms with van der Waals surface area (Å²) in [7, 11) is 0. The number of halogens is 3. The SMILES string of the molecule is C[C@H]1CN(c2cc(F)c(Cl)c3cc(F)oc23)CCN1. The van der Waals surface area contributed by atoms with E-state index in [9.17, 15) is 8.78 Å². The average Bonchev–Trinajstić information content (AvgIpc) is 2.76. The number of rotatable bonds is 1. The Morgan fingerprint density at radius 1 is 1.42 bits per heavy atom. The van der Waals surface area contributed by atoms with Crippen LogP contribution in [0.2, 0.25) is 5.02 Å². The Kier molecular flexibility index (Phi) is 3.11. The smallest absolute Gasteiger partial charge is 0.279 e. The summed E-state index contributed by atoms with van der Waals surface area (Å²) in [5.74, 6) is -0.559. The number of furan rings is 1. The van der Waals surface area contributed by atoms with E-state index in [1.54, 1.807) is 0 Å². The molecular weight excluding hydrogens is 274 g/mol. The number of hydrogen-bond acceptors (Lipinski definition) is 3. The van der Waals surface area contributed by atoms with E-state index in [1.165, 1.54) is 6.07 Å². The number of fused-ring (bicyclic) bond motifs is 1. The maximum Gasteiger partial charge on any atom is 0.279 e. The van der Waals surface area contributed by atoms with Gasteiger partial charge in [-0.2, -0.15) is 4.39 Å². The molecule has 0 unspecified atom stereocenters. The van der Waals surface area contributed by atoms with Gasteiger partial charge in [-0.05, 0) is 6.92 Å². The Hall–Kier alpha value is -1.33. The summed E-state index contributed by atoms with van der Waals surface area (Å²) >= 11 is 5.85. The van der Waals surface area contributed by atoms with Crippen molar-refractivity contribution >= 4 is 28.3 Å². The van der Waals surface area contributed by atoms with Gasteiger partial charge in [-0.1, -0.05) is 11.6 Å². The summed E-state index contributed by atoms with van der Waals surface area (Å²) < 4.78 is 32.2. The zero-order valence-corrected chi connectivity index (χ0v) is 11.1. The van der Waals surface area contributed by atoms with Crippen molar-refractivity contribution in [2.75, 3.05) is 24.5 Å². The second-order valence-corrected chi connectivity index (χ2v) is 5.16. The Morgan fingerprint density at radius 2 is 2.21 bits per heavy atom. The third-order valence-corrected chi connectivity index (χ3v) is 3.74. The van der Waals surface area contributed by atoms with Crippen molar-refractivity contribution in [3.8, 4) is 0 Å².